The molecule has 0 saturated carbocycles. The fourth-order valence-corrected chi connectivity index (χ4v) is 5.20. The van der Waals surface area contributed by atoms with Crippen molar-refractivity contribution < 1.29 is 18.8 Å². The molecule has 168 valence electrons. The molecule has 0 N–H and O–H groups in total. The molecule has 2 aromatic rings. The highest BCUT2D eigenvalue weighted by Crippen LogP contribution is 2.28. The van der Waals surface area contributed by atoms with E-state index in [9.17, 15) is 9.59 Å². The van der Waals surface area contributed by atoms with E-state index in [1.54, 1.807) is 31.4 Å². The normalized spacial score (nSPS) is 19.1. The van der Waals surface area contributed by atoms with Crippen LogP contribution >= 0.6 is 0 Å². The van der Waals surface area contributed by atoms with Crippen molar-refractivity contribution in [3.05, 3.63) is 77.1 Å². The van der Waals surface area contributed by atoms with Crippen molar-refractivity contribution in [2.24, 2.45) is 0 Å². The van der Waals surface area contributed by atoms with E-state index in [-0.39, 0.29) is 17.9 Å². The molecule has 0 bridgehead atoms. The minimum absolute atomic E-state index is 0.0179. The monoisotopic (exact) mass is 450 g/mol. The van der Waals surface area contributed by atoms with Crippen LogP contribution in [0, 0.1) is 0 Å². The van der Waals surface area contributed by atoms with Crippen LogP contribution < -0.4 is 4.74 Å². The van der Waals surface area contributed by atoms with Crippen LogP contribution in [0.25, 0.3) is 0 Å². The zero-order valence-corrected chi connectivity index (χ0v) is 20.1. The van der Waals surface area contributed by atoms with E-state index in [4.69, 9.17) is 9.16 Å². The van der Waals surface area contributed by atoms with Crippen molar-refractivity contribution in [1.82, 2.24) is 9.80 Å². The minimum atomic E-state index is -1.75. The number of ether oxygens (including phenoxy) is 1. The van der Waals surface area contributed by atoms with Gasteiger partial charge in [0.15, 0.2) is 0 Å². The molecule has 1 atom stereocenters. The van der Waals surface area contributed by atoms with Crippen LogP contribution in [0.1, 0.15) is 32.7 Å². The highest BCUT2D eigenvalue weighted by atomic mass is 28.4. The van der Waals surface area contributed by atoms with Crippen LogP contribution in [-0.2, 0) is 11.0 Å². The Morgan fingerprint density at radius 3 is 2.16 bits per heavy atom. The summed E-state index contributed by atoms with van der Waals surface area (Å²) in [5.74, 6) is 1.37. The van der Waals surface area contributed by atoms with Crippen molar-refractivity contribution in [3.63, 3.8) is 0 Å². The molecule has 0 aliphatic carbocycles. The summed E-state index contributed by atoms with van der Waals surface area (Å²) in [7, 11) is -0.0968. The maximum absolute atomic E-state index is 13.0. The third-order valence-corrected chi connectivity index (χ3v) is 6.63. The first kappa shape index (κ1) is 22.3. The van der Waals surface area contributed by atoms with Crippen molar-refractivity contribution in [2.75, 3.05) is 20.2 Å². The summed E-state index contributed by atoms with van der Waals surface area (Å²) in [6, 6.07) is 15.0. The zero-order valence-electron chi connectivity index (χ0n) is 19.1. The van der Waals surface area contributed by atoms with Gasteiger partial charge >= 0.3 is 0 Å². The fraction of sp³-hybridized carbons (Fsp3) is 0.360. The van der Waals surface area contributed by atoms with Gasteiger partial charge in [-0.25, -0.2) is 0 Å². The third-order valence-electron chi connectivity index (χ3n) is 5.76. The number of methoxy groups -OCH3 is 1. The van der Waals surface area contributed by atoms with Crippen LogP contribution in [0.2, 0.25) is 19.6 Å². The Kier molecular flexibility index (Phi) is 6.21. The quantitative estimate of drug-likeness (QED) is 0.465. The van der Waals surface area contributed by atoms with Crippen LogP contribution in [0.5, 0.6) is 5.75 Å². The predicted molar refractivity (Wildman–Crippen MR) is 126 cm³/mol. The average Bonchev–Trinajstić information content (AvgIpc) is 3.00. The Balaban J connectivity index is 1.55. The van der Waals surface area contributed by atoms with Gasteiger partial charge in [0, 0.05) is 32.1 Å². The number of amides is 2. The molecule has 2 aliphatic heterocycles. The highest BCUT2D eigenvalue weighted by Gasteiger charge is 2.38. The maximum atomic E-state index is 13.0. The number of rotatable bonds is 7. The molecule has 2 heterocycles. The first-order chi connectivity index (χ1) is 15.2. The molecule has 32 heavy (non-hydrogen) atoms. The van der Waals surface area contributed by atoms with Crippen molar-refractivity contribution in [3.8, 4) is 5.75 Å². The van der Waals surface area contributed by atoms with Gasteiger partial charge in [-0.1, -0.05) is 24.3 Å². The standard InChI is InChI=1S/C25H30N2O4Si/c1-30-20-11-9-18(10-12-20)16-26-14-13-21(31-32(2,3)4)15-19(26)17-27-24(28)22-7-5-6-8-23(22)25(27)29/h5-13,19H,14-17H2,1-4H3. The van der Waals surface area contributed by atoms with Crippen LogP contribution in [0.15, 0.2) is 60.4 Å². The fourth-order valence-electron chi connectivity index (χ4n) is 4.24. The topological polar surface area (TPSA) is 59.1 Å². The van der Waals surface area contributed by atoms with Crippen molar-refractivity contribution in [2.45, 2.75) is 38.6 Å². The summed E-state index contributed by atoms with van der Waals surface area (Å²) in [6.45, 7) is 8.26. The number of benzene rings is 2. The summed E-state index contributed by atoms with van der Waals surface area (Å²) in [4.78, 5) is 29.6. The SMILES string of the molecule is COc1ccc(CN2CC=C(O[Si](C)(C)C)CC2CN2C(=O)c3ccccc3C2=O)cc1. The van der Waals surface area contributed by atoms with Gasteiger partial charge in [0.25, 0.3) is 11.8 Å². The van der Waals surface area contributed by atoms with Gasteiger partial charge in [0.1, 0.15) is 5.75 Å². The van der Waals surface area contributed by atoms with E-state index in [2.05, 4.69) is 42.7 Å². The van der Waals surface area contributed by atoms with E-state index in [0.29, 0.717) is 37.2 Å². The Morgan fingerprint density at radius 2 is 1.59 bits per heavy atom. The van der Waals surface area contributed by atoms with Crippen LogP contribution in [-0.4, -0.2) is 56.2 Å². The van der Waals surface area contributed by atoms with E-state index in [1.165, 1.54) is 4.90 Å². The summed E-state index contributed by atoms with van der Waals surface area (Å²) in [5.41, 5.74) is 2.13. The van der Waals surface area contributed by atoms with E-state index in [0.717, 1.165) is 17.1 Å². The second-order valence-electron chi connectivity index (χ2n) is 9.29. The van der Waals surface area contributed by atoms with Gasteiger partial charge < -0.3 is 9.16 Å². The van der Waals surface area contributed by atoms with Gasteiger partial charge in [0.2, 0.25) is 8.32 Å². The largest absolute Gasteiger partial charge is 0.547 e. The van der Waals surface area contributed by atoms with Gasteiger partial charge in [-0.15, -0.1) is 0 Å². The maximum Gasteiger partial charge on any atom is 0.261 e. The lowest BCUT2D eigenvalue weighted by molar-refractivity contribution is 0.0572. The van der Waals surface area contributed by atoms with Crippen LogP contribution in [0.4, 0.5) is 0 Å². The predicted octanol–water partition coefficient (Wildman–Crippen LogP) is 4.30. The van der Waals surface area contributed by atoms with E-state index >= 15 is 0 Å². The van der Waals surface area contributed by atoms with E-state index < -0.39 is 8.32 Å². The summed E-state index contributed by atoms with van der Waals surface area (Å²) < 4.78 is 11.6. The highest BCUT2D eigenvalue weighted by molar-refractivity contribution is 6.70. The summed E-state index contributed by atoms with van der Waals surface area (Å²) in [5, 5.41) is 0. The first-order valence-corrected chi connectivity index (χ1v) is 14.4. The average molecular weight is 451 g/mol. The third kappa shape index (κ3) is 4.79. The van der Waals surface area contributed by atoms with Crippen molar-refractivity contribution >= 4 is 20.1 Å². The molecule has 4 rings (SSSR count). The molecule has 0 spiro atoms. The number of hydrogen-bond donors (Lipinski definition) is 0. The molecule has 0 fully saturated rings. The summed E-state index contributed by atoms with van der Waals surface area (Å²) >= 11 is 0. The number of imide groups is 1. The smallest absolute Gasteiger partial charge is 0.261 e. The van der Waals surface area contributed by atoms with Gasteiger partial charge in [-0.05, 0) is 55.5 Å². The second kappa shape index (κ2) is 8.92. The number of nitrogens with zero attached hydrogens (tertiary/aromatic N) is 2. The van der Waals surface area contributed by atoms with Crippen molar-refractivity contribution in [1.29, 1.82) is 0 Å². The van der Waals surface area contributed by atoms with Gasteiger partial charge in [-0.2, -0.15) is 0 Å². The van der Waals surface area contributed by atoms with E-state index in [1.807, 2.05) is 12.1 Å². The number of carbonyl (C=O) groups excluding carboxylic acids is 2. The number of hydrogen-bond acceptors (Lipinski definition) is 5. The second-order valence-corrected chi connectivity index (χ2v) is 13.7. The number of fused-ring (bicyclic) bond motifs is 1. The molecule has 0 radical (unpaired) electrons. The Morgan fingerprint density at radius 1 is 0.969 bits per heavy atom. The Bertz CT molecular complexity index is 1010. The summed E-state index contributed by atoms with van der Waals surface area (Å²) in [6.07, 6.45) is 2.81. The molecular weight excluding hydrogens is 420 g/mol. The molecule has 2 amide bonds. The van der Waals surface area contributed by atoms with Gasteiger partial charge in [-0.3, -0.25) is 19.4 Å². The first-order valence-electron chi connectivity index (χ1n) is 11.0. The zero-order chi connectivity index (χ0) is 22.9. The minimum Gasteiger partial charge on any atom is -0.547 e. The Hall–Kier alpha value is -2.90. The molecule has 0 saturated heterocycles. The molecule has 1 unspecified atom stereocenters. The molecule has 2 aliphatic rings. The molecule has 2 aromatic carbocycles. The molecule has 7 heteroatoms. The van der Waals surface area contributed by atoms with Gasteiger partial charge in [0.05, 0.1) is 24.0 Å². The Labute approximate surface area is 190 Å². The molecular formula is C25H30N2O4Si. The van der Waals surface area contributed by atoms with Crippen LogP contribution in [0.3, 0.4) is 0 Å². The number of carbonyl (C=O) groups is 2. The lowest BCUT2D eigenvalue weighted by atomic mass is 10.0. The lowest BCUT2D eigenvalue weighted by Crippen LogP contribution is -2.48. The molecule has 6 nitrogen and oxygen atoms in total. The lowest BCUT2D eigenvalue weighted by Gasteiger charge is -2.38. The molecule has 0 aromatic heterocycles.